The lowest BCUT2D eigenvalue weighted by atomic mass is 9.93. The highest BCUT2D eigenvalue weighted by molar-refractivity contribution is 5.52. The molecule has 0 spiro atoms. The Balaban J connectivity index is 2.52. The van der Waals surface area contributed by atoms with Crippen LogP contribution in [0.25, 0.3) is 0 Å². The van der Waals surface area contributed by atoms with Gasteiger partial charge in [0, 0.05) is 11.6 Å². The maximum Gasteiger partial charge on any atom is 0.167 e. The fourth-order valence-corrected chi connectivity index (χ4v) is 2.60. The molecule has 0 aliphatic carbocycles. The first-order chi connectivity index (χ1) is 8.97. The molecule has 0 radical (unpaired) electrons. The summed E-state index contributed by atoms with van der Waals surface area (Å²) >= 11 is 0. The van der Waals surface area contributed by atoms with E-state index >= 15 is 0 Å². The van der Waals surface area contributed by atoms with Crippen molar-refractivity contribution in [2.45, 2.75) is 38.4 Å². The van der Waals surface area contributed by atoms with Gasteiger partial charge in [-0.2, -0.15) is 0 Å². The predicted molar refractivity (Wildman–Crippen MR) is 73.7 cm³/mol. The van der Waals surface area contributed by atoms with E-state index in [1.165, 1.54) is 13.8 Å². The van der Waals surface area contributed by atoms with Gasteiger partial charge in [0.2, 0.25) is 0 Å². The number of rotatable bonds is 4. The molecule has 0 aromatic heterocycles. The van der Waals surface area contributed by atoms with Gasteiger partial charge in [-0.25, -0.2) is 4.39 Å². The highest BCUT2D eigenvalue weighted by Crippen LogP contribution is 2.42. The van der Waals surface area contributed by atoms with Crippen molar-refractivity contribution in [1.29, 1.82) is 0 Å². The van der Waals surface area contributed by atoms with Gasteiger partial charge >= 0.3 is 0 Å². The van der Waals surface area contributed by atoms with Crippen molar-refractivity contribution in [3.8, 4) is 11.5 Å². The summed E-state index contributed by atoms with van der Waals surface area (Å²) in [5.74, 6) is 1.08. The third-order valence-corrected chi connectivity index (χ3v) is 3.60. The zero-order valence-electron chi connectivity index (χ0n) is 12.0. The first-order valence-electron chi connectivity index (χ1n) is 6.66. The van der Waals surface area contributed by atoms with E-state index in [1.54, 1.807) is 14.2 Å². The van der Waals surface area contributed by atoms with E-state index in [0.717, 1.165) is 24.9 Å². The molecule has 106 valence electrons. The van der Waals surface area contributed by atoms with E-state index < -0.39 is 5.67 Å². The molecule has 4 heteroatoms. The molecule has 1 aliphatic heterocycles. The second kappa shape index (κ2) is 5.37. The van der Waals surface area contributed by atoms with E-state index in [-0.39, 0.29) is 6.04 Å². The predicted octanol–water partition coefficient (Wildman–Crippen LogP) is 3.33. The van der Waals surface area contributed by atoms with Crippen molar-refractivity contribution in [3.63, 3.8) is 0 Å². The van der Waals surface area contributed by atoms with Crippen LogP contribution in [0.1, 0.15) is 43.9 Å². The number of halogens is 1. The molecule has 1 fully saturated rings. The molecule has 3 nitrogen and oxygen atoms in total. The van der Waals surface area contributed by atoms with Crippen molar-refractivity contribution < 1.29 is 13.9 Å². The second-order valence-electron chi connectivity index (χ2n) is 5.43. The molecule has 1 saturated heterocycles. The van der Waals surface area contributed by atoms with Crippen LogP contribution >= 0.6 is 0 Å². The number of alkyl halides is 1. The SMILES string of the molecule is COc1cc(C2CCCN2)cc(C(C)(C)F)c1OC. The van der Waals surface area contributed by atoms with Gasteiger partial charge in [0.05, 0.1) is 14.2 Å². The van der Waals surface area contributed by atoms with Crippen LogP contribution in [-0.2, 0) is 5.67 Å². The molecule has 0 saturated carbocycles. The highest BCUT2D eigenvalue weighted by Gasteiger charge is 2.28. The Morgan fingerprint density at radius 3 is 2.47 bits per heavy atom. The van der Waals surface area contributed by atoms with Crippen LogP contribution in [0.15, 0.2) is 12.1 Å². The third kappa shape index (κ3) is 2.84. The van der Waals surface area contributed by atoms with Crippen LogP contribution in [0.4, 0.5) is 4.39 Å². The number of benzene rings is 1. The van der Waals surface area contributed by atoms with E-state index in [9.17, 15) is 4.39 Å². The van der Waals surface area contributed by atoms with E-state index in [4.69, 9.17) is 9.47 Å². The minimum absolute atomic E-state index is 0.279. The van der Waals surface area contributed by atoms with E-state index in [0.29, 0.717) is 17.1 Å². The van der Waals surface area contributed by atoms with Gasteiger partial charge < -0.3 is 14.8 Å². The number of hydrogen-bond donors (Lipinski definition) is 1. The largest absolute Gasteiger partial charge is 0.493 e. The zero-order valence-corrected chi connectivity index (χ0v) is 12.0. The van der Waals surface area contributed by atoms with Crippen molar-refractivity contribution in [2.75, 3.05) is 20.8 Å². The Morgan fingerprint density at radius 1 is 1.26 bits per heavy atom. The summed E-state index contributed by atoms with van der Waals surface area (Å²) < 4.78 is 25.1. The lowest BCUT2D eigenvalue weighted by molar-refractivity contribution is 0.211. The minimum atomic E-state index is -1.47. The fraction of sp³-hybridized carbons (Fsp3) is 0.600. The second-order valence-corrected chi connectivity index (χ2v) is 5.43. The molecule has 1 unspecified atom stereocenters. The summed E-state index contributed by atoms with van der Waals surface area (Å²) in [6, 6.07) is 4.11. The molecule has 0 amide bonds. The maximum absolute atomic E-state index is 14.4. The number of hydrogen-bond acceptors (Lipinski definition) is 3. The van der Waals surface area contributed by atoms with Gasteiger partial charge in [-0.15, -0.1) is 0 Å². The third-order valence-electron chi connectivity index (χ3n) is 3.60. The Bertz CT molecular complexity index is 448. The van der Waals surface area contributed by atoms with Gasteiger partial charge in [0.25, 0.3) is 0 Å². The molecule has 1 heterocycles. The molecular weight excluding hydrogens is 245 g/mol. The van der Waals surface area contributed by atoms with Crippen LogP contribution in [0.2, 0.25) is 0 Å². The Morgan fingerprint density at radius 2 is 2.00 bits per heavy atom. The average molecular weight is 267 g/mol. The number of methoxy groups -OCH3 is 2. The molecule has 1 aromatic carbocycles. The highest BCUT2D eigenvalue weighted by atomic mass is 19.1. The average Bonchev–Trinajstić information content (AvgIpc) is 2.89. The van der Waals surface area contributed by atoms with Crippen molar-refractivity contribution in [1.82, 2.24) is 5.32 Å². The van der Waals surface area contributed by atoms with Gasteiger partial charge in [0.1, 0.15) is 5.67 Å². The summed E-state index contributed by atoms with van der Waals surface area (Å²) in [6.07, 6.45) is 2.22. The fourth-order valence-electron chi connectivity index (χ4n) is 2.60. The lowest BCUT2D eigenvalue weighted by Gasteiger charge is -2.23. The summed E-state index contributed by atoms with van der Waals surface area (Å²) in [5, 5.41) is 3.42. The summed E-state index contributed by atoms with van der Waals surface area (Å²) in [4.78, 5) is 0. The van der Waals surface area contributed by atoms with Crippen LogP contribution in [0, 0.1) is 0 Å². The van der Waals surface area contributed by atoms with Crippen LogP contribution in [-0.4, -0.2) is 20.8 Å². The monoisotopic (exact) mass is 267 g/mol. The van der Waals surface area contributed by atoms with Crippen LogP contribution in [0.5, 0.6) is 11.5 Å². The molecule has 1 N–H and O–H groups in total. The molecule has 1 aromatic rings. The normalized spacial score (nSPS) is 19.5. The molecule has 1 atom stereocenters. The van der Waals surface area contributed by atoms with Crippen molar-refractivity contribution in [2.24, 2.45) is 0 Å². The summed E-state index contributed by atoms with van der Waals surface area (Å²) in [6.45, 7) is 4.08. The quantitative estimate of drug-likeness (QED) is 0.907. The minimum Gasteiger partial charge on any atom is -0.493 e. The smallest absolute Gasteiger partial charge is 0.167 e. The number of nitrogens with one attached hydrogen (secondary N) is 1. The number of ether oxygens (including phenoxy) is 2. The summed E-state index contributed by atoms with van der Waals surface area (Å²) in [7, 11) is 3.12. The van der Waals surface area contributed by atoms with Crippen molar-refractivity contribution >= 4 is 0 Å². The standard InChI is InChI=1S/C15H22FNO2/c1-15(2,16)11-8-10(12-6-5-7-17-12)9-13(18-3)14(11)19-4/h8-9,12,17H,5-7H2,1-4H3. The molecule has 0 bridgehead atoms. The molecule has 1 aliphatic rings. The van der Waals surface area contributed by atoms with Gasteiger partial charge in [-0.3, -0.25) is 0 Å². The van der Waals surface area contributed by atoms with Crippen molar-refractivity contribution in [3.05, 3.63) is 23.3 Å². The lowest BCUT2D eigenvalue weighted by Crippen LogP contribution is -2.16. The van der Waals surface area contributed by atoms with Gasteiger partial charge in [0.15, 0.2) is 11.5 Å². The summed E-state index contributed by atoms with van der Waals surface area (Å²) in [5.41, 5.74) is 0.140. The Hall–Kier alpha value is -1.29. The molecule has 19 heavy (non-hydrogen) atoms. The first-order valence-corrected chi connectivity index (χ1v) is 6.66. The first kappa shape index (κ1) is 14.1. The van der Waals surface area contributed by atoms with Crippen LogP contribution in [0.3, 0.4) is 0 Å². The molecular formula is C15H22FNO2. The zero-order chi connectivity index (χ0) is 14.0. The Kier molecular flexibility index (Phi) is 3.99. The topological polar surface area (TPSA) is 30.5 Å². The van der Waals surface area contributed by atoms with E-state index in [1.807, 2.05) is 12.1 Å². The van der Waals surface area contributed by atoms with Gasteiger partial charge in [-0.05, 0) is 50.9 Å². The van der Waals surface area contributed by atoms with Crippen LogP contribution < -0.4 is 14.8 Å². The maximum atomic E-state index is 14.4. The Labute approximate surface area is 114 Å². The molecule has 2 rings (SSSR count). The van der Waals surface area contributed by atoms with E-state index in [2.05, 4.69) is 5.32 Å². The van der Waals surface area contributed by atoms with Gasteiger partial charge in [-0.1, -0.05) is 0 Å².